The van der Waals surface area contributed by atoms with Crippen molar-refractivity contribution in [1.29, 1.82) is 0 Å². The summed E-state index contributed by atoms with van der Waals surface area (Å²) in [7, 11) is 0. The molecule has 26 heavy (non-hydrogen) atoms. The second-order valence-electron chi connectivity index (χ2n) is 6.06. The maximum absolute atomic E-state index is 13.3. The van der Waals surface area contributed by atoms with Gasteiger partial charge in [-0.25, -0.2) is 4.79 Å². The number of hydrogen-bond donors (Lipinski definition) is 1. The molecule has 3 rings (SSSR count). The van der Waals surface area contributed by atoms with E-state index in [1.165, 1.54) is 34.0 Å². The molecule has 0 bridgehead atoms. The Labute approximate surface area is 146 Å². The van der Waals surface area contributed by atoms with Crippen molar-refractivity contribution in [3.05, 3.63) is 53.3 Å². The van der Waals surface area contributed by atoms with Gasteiger partial charge in [-0.2, -0.15) is 18.3 Å². The second-order valence-corrected chi connectivity index (χ2v) is 6.06. The first kappa shape index (κ1) is 18.0. The third-order valence-electron chi connectivity index (χ3n) is 4.38. The van der Waals surface area contributed by atoms with Crippen molar-refractivity contribution >= 4 is 11.9 Å². The lowest BCUT2D eigenvalue weighted by Crippen LogP contribution is -2.34. The Morgan fingerprint density at radius 1 is 1.27 bits per heavy atom. The highest BCUT2D eigenvalue weighted by Gasteiger charge is 2.38. The van der Waals surface area contributed by atoms with Crippen LogP contribution in [0.2, 0.25) is 0 Å². The first-order chi connectivity index (χ1) is 12.3. The molecule has 9 heteroatoms. The van der Waals surface area contributed by atoms with Crippen LogP contribution in [0.5, 0.6) is 0 Å². The van der Waals surface area contributed by atoms with E-state index >= 15 is 0 Å². The number of carbonyl (C=O) groups excluding carboxylic acids is 1. The van der Waals surface area contributed by atoms with Crippen LogP contribution in [0.25, 0.3) is 0 Å². The number of halogens is 3. The van der Waals surface area contributed by atoms with Crippen molar-refractivity contribution in [3.63, 3.8) is 0 Å². The van der Waals surface area contributed by atoms with E-state index in [1.807, 2.05) is 0 Å². The average molecular weight is 367 g/mol. The van der Waals surface area contributed by atoms with Gasteiger partial charge in [-0.3, -0.25) is 9.48 Å². The summed E-state index contributed by atoms with van der Waals surface area (Å²) in [6, 6.07) is 4.61. The van der Waals surface area contributed by atoms with Gasteiger partial charge in [-0.15, -0.1) is 0 Å². The molecule has 138 valence electrons. The van der Waals surface area contributed by atoms with Crippen molar-refractivity contribution in [2.75, 3.05) is 6.54 Å². The lowest BCUT2D eigenvalue weighted by molar-refractivity contribution is -0.140. The van der Waals surface area contributed by atoms with Gasteiger partial charge in [0.2, 0.25) is 5.91 Å². The molecule has 1 aromatic heterocycles. The summed E-state index contributed by atoms with van der Waals surface area (Å²) in [6.07, 6.45) is -1.11. The number of hydrogen-bond acceptors (Lipinski definition) is 3. The fourth-order valence-corrected chi connectivity index (χ4v) is 3.22. The summed E-state index contributed by atoms with van der Waals surface area (Å²) in [5, 5.41) is 12.7. The van der Waals surface area contributed by atoms with Crippen LogP contribution in [-0.4, -0.2) is 38.2 Å². The minimum absolute atomic E-state index is 0.0572. The van der Waals surface area contributed by atoms with Crippen LogP contribution in [0.4, 0.5) is 13.2 Å². The van der Waals surface area contributed by atoms with E-state index in [2.05, 4.69) is 5.10 Å². The van der Waals surface area contributed by atoms with Gasteiger partial charge < -0.3 is 10.0 Å². The van der Waals surface area contributed by atoms with Crippen LogP contribution in [0, 0.1) is 0 Å². The molecule has 0 saturated carbocycles. The van der Waals surface area contributed by atoms with Crippen molar-refractivity contribution in [1.82, 2.24) is 14.7 Å². The molecule has 1 unspecified atom stereocenters. The summed E-state index contributed by atoms with van der Waals surface area (Å²) in [4.78, 5) is 24.9. The Balaban J connectivity index is 1.82. The number of aromatic carboxylic acids is 1. The largest absolute Gasteiger partial charge is 0.478 e. The molecule has 0 spiro atoms. The van der Waals surface area contributed by atoms with Gasteiger partial charge in [0.1, 0.15) is 6.54 Å². The number of aromatic nitrogens is 2. The highest BCUT2D eigenvalue weighted by Crippen LogP contribution is 2.40. The predicted octanol–water partition coefficient (Wildman–Crippen LogP) is 2.96. The second kappa shape index (κ2) is 6.81. The molecular weight excluding hydrogens is 351 g/mol. The minimum atomic E-state index is -4.49. The van der Waals surface area contributed by atoms with Gasteiger partial charge in [0.25, 0.3) is 0 Å². The number of carboxylic acids is 1. The number of carboxylic acid groups (broad SMARTS) is 1. The predicted molar refractivity (Wildman–Crippen MR) is 84.3 cm³/mol. The molecule has 2 aromatic rings. The smallest absolute Gasteiger partial charge is 0.416 e. The number of rotatable bonds is 4. The number of alkyl halides is 3. The molecule has 1 aliphatic rings. The summed E-state index contributed by atoms with van der Waals surface area (Å²) < 4.78 is 41.0. The molecule has 2 heterocycles. The Kier molecular flexibility index (Phi) is 4.71. The summed E-state index contributed by atoms with van der Waals surface area (Å²) in [5.41, 5.74) is -0.715. The molecule has 0 radical (unpaired) electrons. The van der Waals surface area contributed by atoms with Gasteiger partial charge in [0.05, 0.1) is 23.4 Å². The number of amides is 1. The third kappa shape index (κ3) is 3.56. The SMILES string of the molecule is O=C(O)c1cnn(CC(=O)N2CCCC2c2ccccc2C(F)(F)F)c1. The van der Waals surface area contributed by atoms with Gasteiger partial charge in [-0.1, -0.05) is 18.2 Å². The molecule has 1 saturated heterocycles. The maximum Gasteiger partial charge on any atom is 0.416 e. The quantitative estimate of drug-likeness (QED) is 0.902. The number of likely N-dealkylation sites (tertiary alicyclic amines) is 1. The molecule has 0 aliphatic carbocycles. The Morgan fingerprint density at radius 2 is 2.00 bits per heavy atom. The Bertz CT molecular complexity index is 832. The first-order valence-corrected chi connectivity index (χ1v) is 7.98. The standard InChI is InChI=1S/C17H16F3N3O3/c18-17(19,20)13-5-2-1-4-12(13)14-6-3-7-23(14)15(24)10-22-9-11(8-21-22)16(25)26/h1-2,4-5,8-9,14H,3,6-7,10H2,(H,25,26). The topological polar surface area (TPSA) is 75.4 Å². The van der Waals surface area contributed by atoms with Gasteiger partial charge in [-0.05, 0) is 24.5 Å². The van der Waals surface area contributed by atoms with Crippen molar-refractivity contribution in [2.45, 2.75) is 31.6 Å². The van der Waals surface area contributed by atoms with E-state index < -0.39 is 29.7 Å². The van der Waals surface area contributed by atoms with Crippen molar-refractivity contribution in [2.24, 2.45) is 0 Å². The third-order valence-corrected chi connectivity index (χ3v) is 4.38. The average Bonchev–Trinajstić information content (AvgIpc) is 3.23. The van der Waals surface area contributed by atoms with Gasteiger partial charge in [0.15, 0.2) is 0 Å². The molecule has 1 aromatic carbocycles. The van der Waals surface area contributed by atoms with E-state index in [0.29, 0.717) is 19.4 Å². The number of carbonyl (C=O) groups is 2. The van der Waals surface area contributed by atoms with Crippen molar-refractivity contribution < 1.29 is 27.9 Å². The fraction of sp³-hybridized carbons (Fsp3) is 0.353. The molecule has 1 N–H and O–H groups in total. The number of nitrogens with zero attached hydrogens (tertiary/aromatic N) is 3. The zero-order valence-electron chi connectivity index (χ0n) is 13.6. The first-order valence-electron chi connectivity index (χ1n) is 7.98. The summed E-state index contributed by atoms with van der Waals surface area (Å²) >= 11 is 0. The van der Waals surface area contributed by atoms with Crippen LogP contribution >= 0.6 is 0 Å². The fourth-order valence-electron chi connectivity index (χ4n) is 3.22. The van der Waals surface area contributed by atoms with E-state index in [4.69, 9.17) is 5.11 Å². The summed E-state index contributed by atoms with van der Waals surface area (Å²) in [5.74, 6) is -1.56. The summed E-state index contributed by atoms with van der Waals surface area (Å²) in [6.45, 7) is 0.126. The molecule has 1 fully saturated rings. The van der Waals surface area contributed by atoms with E-state index in [1.54, 1.807) is 0 Å². The van der Waals surface area contributed by atoms with E-state index in [9.17, 15) is 22.8 Å². The van der Waals surface area contributed by atoms with Crippen LogP contribution in [0.15, 0.2) is 36.7 Å². The Hall–Kier alpha value is -2.84. The van der Waals surface area contributed by atoms with E-state index in [0.717, 1.165) is 12.3 Å². The van der Waals surface area contributed by atoms with Crippen LogP contribution in [0.1, 0.15) is 40.4 Å². The normalized spacial score (nSPS) is 17.5. The maximum atomic E-state index is 13.3. The monoisotopic (exact) mass is 367 g/mol. The lowest BCUT2D eigenvalue weighted by atomic mass is 9.98. The molecular formula is C17H16F3N3O3. The molecule has 1 aliphatic heterocycles. The van der Waals surface area contributed by atoms with Crippen LogP contribution < -0.4 is 0 Å². The molecule has 6 nitrogen and oxygen atoms in total. The van der Waals surface area contributed by atoms with Crippen molar-refractivity contribution in [3.8, 4) is 0 Å². The van der Waals surface area contributed by atoms with Crippen LogP contribution in [0.3, 0.4) is 0 Å². The molecule has 1 amide bonds. The van der Waals surface area contributed by atoms with Gasteiger partial charge >= 0.3 is 12.1 Å². The Morgan fingerprint density at radius 3 is 2.65 bits per heavy atom. The highest BCUT2D eigenvalue weighted by molar-refractivity contribution is 5.87. The minimum Gasteiger partial charge on any atom is -0.478 e. The highest BCUT2D eigenvalue weighted by atomic mass is 19.4. The zero-order chi connectivity index (χ0) is 18.9. The van der Waals surface area contributed by atoms with E-state index in [-0.39, 0.29) is 17.7 Å². The number of benzene rings is 1. The molecule has 1 atom stereocenters. The zero-order valence-corrected chi connectivity index (χ0v) is 13.6. The van der Waals surface area contributed by atoms with Gasteiger partial charge in [0, 0.05) is 12.7 Å². The van der Waals surface area contributed by atoms with Crippen LogP contribution in [-0.2, 0) is 17.5 Å². The lowest BCUT2D eigenvalue weighted by Gasteiger charge is -2.27.